The number of nitriles is 1. The summed E-state index contributed by atoms with van der Waals surface area (Å²) in [6, 6.07) is 10.9. The summed E-state index contributed by atoms with van der Waals surface area (Å²) in [4.78, 5) is 4.01. The van der Waals surface area contributed by atoms with Crippen LogP contribution in [0.2, 0.25) is 0 Å². The van der Waals surface area contributed by atoms with Crippen molar-refractivity contribution in [2.24, 2.45) is 0 Å². The number of hydrogen-bond acceptors (Lipinski definition) is 3. The van der Waals surface area contributed by atoms with E-state index in [2.05, 4.69) is 11.1 Å². The number of nitrogens with zero attached hydrogens (tertiary/aromatic N) is 2. The monoisotopic (exact) mass is 224 g/mol. The van der Waals surface area contributed by atoms with E-state index >= 15 is 0 Å². The van der Waals surface area contributed by atoms with Gasteiger partial charge in [-0.05, 0) is 36.2 Å². The number of hydrogen-bond donors (Lipinski definition) is 1. The van der Waals surface area contributed by atoms with E-state index in [-0.39, 0.29) is 0 Å². The maximum absolute atomic E-state index is 10.2. The molecule has 0 aliphatic heterocycles. The van der Waals surface area contributed by atoms with Crippen LogP contribution in [-0.2, 0) is 0 Å². The van der Waals surface area contributed by atoms with Gasteiger partial charge in [0.25, 0.3) is 0 Å². The van der Waals surface area contributed by atoms with Gasteiger partial charge in [-0.3, -0.25) is 4.98 Å². The highest BCUT2D eigenvalue weighted by atomic mass is 16.3. The Kier molecular flexibility index (Phi) is 3.17. The minimum absolute atomic E-state index is 0.545. The molecule has 3 heteroatoms. The van der Waals surface area contributed by atoms with Crippen molar-refractivity contribution >= 4 is 0 Å². The van der Waals surface area contributed by atoms with E-state index < -0.39 is 6.10 Å². The van der Waals surface area contributed by atoms with Gasteiger partial charge in [-0.25, -0.2) is 0 Å². The third-order valence-electron chi connectivity index (χ3n) is 2.71. The van der Waals surface area contributed by atoms with Gasteiger partial charge < -0.3 is 5.11 Å². The highest BCUT2D eigenvalue weighted by Gasteiger charge is 2.13. The summed E-state index contributed by atoms with van der Waals surface area (Å²) in [7, 11) is 0. The Labute approximate surface area is 100.0 Å². The lowest BCUT2D eigenvalue weighted by atomic mass is 9.98. The molecule has 0 saturated heterocycles. The van der Waals surface area contributed by atoms with E-state index in [1.54, 1.807) is 36.7 Å². The lowest BCUT2D eigenvalue weighted by Crippen LogP contribution is -2.02. The molecule has 2 aromatic rings. The van der Waals surface area contributed by atoms with Crippen molar-refractivity contribution in [3.05, 3.63) is 65.0 Å². The predicted molar refractivity (Wildman–Crippen MR) is 64.2 cm³/mol. The average Bonchev–Trinajstić information content (AvgIpc) is 2.38. The van der Waals surface area contributed by atoms with Gasteiger partial charge in [0.05, 0.1) is 11.6 Å². The molecule has 3 nitrogen and oxygen atoms in total. The first-order valence-corrected chi connectivity index (χ1v) is 5.31. The number of aliphatic hydroxyl groups is 1. The standard InChI is InChI=1S/C14H12N2O/c1-10-5-6-16-9-13(10)14(17)12-4-2-3-11(7-12)8-15/h2-7,9,14,17H,1H3. The second-order valence-electron chi connectivity index (χ2n) is 3.87. The van der Waals surface area contributed by atoms with E-state index in [9.17, 15) is 5.11 Å². The Hall–Kier alpha value is -2.18. The molecule has 0 aliphatic carbocycles. The first-order chi connectivity index (χ1) is 8.22. The van der Waals surface area contributed by atoms with Crippen LogP contribution < -0.4 is 0 Å². The Balaban J connectivity index is 2.41. The molecule has 0 saturated carbocycles. The largest absolute Gasteiger partial charge is 0.384 e. The second-order valence-corrected chi connectivity index (χ2v) is 3.87. The highest BCUT2D eigenvalue weighted by molar-refractivity contribution is 5.38. The number of pyridine rings is 1. The summed E-state index contributed by atoms with van der Waals surface area (Å²) in [6.45, 7) is 1.92. The Morgan fingerprint density at radius 3 is 2.88 bits per heavy atom. The minimum atomic E-state index is -0.739. The van der Waals surface area contributed by atoms with Crippen LogP contribution in [0.15, 0.2) is 42.7 Å². The maximum atomic E-state index is 10.2. The Bertz CT molecular complexity index is 572. The van der Waals surface area contributed by atoms with Crippen LogP contribution in [0.3, 0.4) is 0 Å². The van der Waals surface area contributed by atoms with Crippen LogP contribution in [0.4, 0.5) is 0 Å². The van der Waals surface area contributed by atoms with Crippen molar-refractivity contribution in [3.8, 4) is 6.07 Å². The molecule has 2 rings (SSSR count). The molecule has 0 amide bonds. The minimum Gasteiger partial charge on any atom is -0.384 e. The molecular formula is C14H12N2O. The van der Waals surface area contributed by atoms with Gasteiger partial charge in [-0.1, -0.05) is 12.1 Å². The van der Waals surface area contributed by atoms with E-state index in [1.165, 1.54) is 0 Å². The summed E-state index contributed by atoms with van der Waals surface area (Å²) in [5, 5.41) is 19.1. The topological polar surface area (TPSA) is 56.9 Å². The third kappa shape index (κ3) is 2.32. The predicted octanol–water partition coefficient (Wildman–Crippen LogP) is 2.34. The SMILES string of the molecule is Cc1ccncc1C(O)c1cccc(C#N)c1. The first-order valence-electron chi connectivity index (χ1n) is 5.31. The summed E-state index contributed by atoms with van der Waals surface area (Å²) in [6.07, 6.45) is 2.60. The van der Waals surface area contributed by atoms with Crippen LogP contribution >= 0.6 is 0 Å². The van der Waals surface area contributed by atoms with Gasteiger partial charge in [0.15, 0.2) is 0 Å². The van der Waals surface area contributed by atoms with Gasteiger partial charge in [-0.15, -0.1) is 0 Å². The molecule has 0 fully saturated rings. The molecule has 1 heterocycles. The van der Waals surface area contributed by atoms with E-state index in [1.807, 2.05) is 13.0 Å². The smallest absolute Gasteiger partial charge is 0.106 e. The third-order valence-corrected chi connectivity index (χ3v) is 2.71. The number of benzene rings is 1. The van der Waals surface area contributed by atoms with Crippen LogP contribution in [0.25, 0.3) is 0 Å². The fourth-order valence-corrected chi connectivity index (χ4v) is 1.72. The van der Waals surface area contributed by atoms with Gasteiger partial charge >= 0.3 is 0 Å². The van der Waals surface area contributed by atoms with E-state index in [4.69, 9.17) is 5.26 Å². The fourth-order valence-electron chi connectivity index (χ4n) is 1.72. The van der Waals surface area contributed by atoms with E-state index in [0.717, 1.165) is 11.1 Å². The van der Waals surface area contributed by atoms with Crippen molar-refractivity contribution < 1.29 is 5.11 Å². The van der Waals surface area contributed by atoms with Gasteiger partial charge in [0.2, 0.25) is 0 Å². The summed E-state index contributed by atoms with van der Waals surface area (Å²) in [5.41, 5.74) is 3.00. The summed E-state index contributed by atoms with van der Waals surface area (Å²) >= 11 is 0. The first kappa shape index (κ1) is 11.3. The number of aryl methyl sites for hydroxylation is 1. The molecular weight excluding hydrogens is 212 g/mol. The fraction of sp³-hybridized carbons (Fsp3) is 0.143. The van der Waals surface area contributed by atoms with Crippen LogP contribution in [0, 0.1) is 18.3 Å². The van der Waals surface area contributed by atoms with Crippen LogP contribution in [-0.4, -0.2) is 10.1 Å². The van der Waals surface area contributed by atoms with Gasteiger partial charge in [0.1, 0.15) is 6.10 Å². The van der Waals surface area contributed by atoms with Crippen LogP contribution in [0.5, 0.6) is 0 Å². The van der Waals surface area contributed by atoms with E-state index in [0.29, 0.717) is 11.1 Å². The molecule has 0 radical (unpaired) electrons. The molecule has 0 bridgehead atoms. The quantitative estimate of drug-likeness (QED) is 0.851. The Morgan fingerprint density at radius 2 is 2.18 bits per heavy atom. The molecule has 84 valence electrons. The molecule has 17 heavy (non-hydrogen) atoms. The summed E-state index contributed by atoms with van der Waals surface area (Å²) < 4.78 is 0. The zero-order chi connectivity index (χ0) is 12.3. The van der Waals surface area contributed by atoms with Gasteiger partial charge in [-0.2, -0.15) is 5.26 Å². The number of rotatable bonds is 2. The second kappa shape index (κ2) is 4.77. The summed E-state index contributed by atoms with van der Waals surface area (Å²) in [5.74, 6) is 0. The number of aliphatic hydroxyl groups excluding tert-OH is 1. The molecule has 1 aromatic carbocycles. The number of aromatic nitrogens is 1. The zero-order valence-electron chi connectivity index (χ0n) is 9.46. The molecule has 1 unspecified atom stereocenters. The molecule has 1 aromatic heterocycles. The molecule has 1 N–H and O–H groups in total. The van der Waals surface area contributed by atoms with Crippen LogP contribution in [0.1, 0.15) is 28.4 Å². The average molecular weight is 224 g/mol. The van der Waals surface area contributed by atoms with Crippen molar-refractivity contribution in [3.63, 3.8) is 0 Å². The highest BCUT2D eigenvalue weighted by Crippen LogP contribution is 2.24. The van der Waals surface area contributed by atoms with Gasteiger partial charge in [0, 0.05) is 18.0 Å². The zero-order valence-corrected chi connectivity index (χ0v) is 9.46. The normalized spacial score (nSPS) is 11.8. The lowest BCUT2D eigenvalue weighted by Gasteiger charge is -2.13. The Morgan fingerprint density at radius 1 is 1.35 bits per heavy atom. The maximum Gasteiger partial charge on any atom is 0.106 e. The van der Waals surface area contributed by atoms with Crippen molar-refractivity contribution in [2.45, 2.75) is 13.0 Å². The van der Waals surface area contributed by atoms with Crippen molar-refractivity contribution in [1.82, 2.24) is 4.98 Å². The lowest BCUT2D eigenvalue weighted by molar-refractivity contribution is 0.219. The van der Waals surface area contributed by atoms with Crippen molar-refractivity contribution in [2.75, 3.05) is 0 Å². The molecule has 0 aliphatic rings. The van der Waals surface area contributed by atoms with Crippen molar-refractivity contribution in [1.29, 1.82) is 5.26 Å². The molecule has 0 spiro atoms. The molecule has 1 atom stereocenters.